The Morgan fingerprint density at radius 1 is 1.16 bits per heavy atom. The highest BCUT2D eigenvalue weighted by Crippen LogP contribution is 2.32. The van der Waals surface area contributed by atoms with Crippen molar-refractivity contribution in [2.75, 3.05) is 17.7 Å². The number of aromatic nitrogens is 1. The third kappa shape index (κ3) is 5.12. The first-order valence-electron chi connectivity index (χ1n) is 9.92. The van der Waals surface area contributed by atoms with Gasteiger partial charge in [0, 0.05) is 10.6 Å². The van der Waals surface area contributed by atoms with Crippen LogP contribution in [0.25, 0.3) is 10.2 Å². The first-order valence-corrected chi connectivity index (χ1v) is 11.6. The molecule has 1 unspecified atom stereocenters. The zero-order valence-electron chi connectivity index (χ0n) is 17.5. The van der Waals surface area contributed by atoms with Gasteiger partial charge in [0.2, 0.25) is 5.91 Å². The fraction of sp³-hybridized carbons (Fsp3) is 0.174. The Morgan fingerprint density at radius 3 is 2.78 bits per heavy atom. The van der Waals surface area contributed by atoms with Crippen molar-refractivity contribution in [1.82, 2.24) is 4.98 Å². The van der Waals surface area contributed by atoms with Gasteiger partial charge < -0.3 is 19.8 Å². The molecule has 4 rings (SSSR count). The van der Waals surface area contributed by atoms with Crippen LogP contribution in [0.4, 0.5) is 10.8 Å². The van der Waals surface area contributed by atoms with E-state index < -0.39 is 0 Å². The van der Waals surface area contributed by atoms with Crippen LogP contribution in [0.2, 0.25) is 0 Å². The fourth-order valence-corrected chi connectivity index (χ4v) is 4.92. The van der Waals surface area contributed by atoms with Crippen molar-refractivity contribution in [2.24, 2.45) is 0 Å². The van der Waals surface area contributed by atoms with Gasteiger partial charge in [-0.1, -0.05) is 24.3 Å². The number of thiazole rings is 1. The number of methoxy groups -OCH3 is 1. The molecule has 2 N–H and O–H groups in total. The van der Waals surface area contributed by atoms with Crippen molar-refractivity contribution in [1.29, 1.82) is 0 Å². The number of fused-ring (bicyclic) bond motifs is 1. The zero-order chi connectivity index (χ0) is 22.5. The van der Waals surface area contributed by atoms with Crippen LogP contribution in [-0.4, -0.2) is 29.2 Å². The number of ether oxygens (including phenoxy) is 1. The molecule has 9 heteroatoms. The second-order valence-electron chi connectivity index (χ2n) is 6.82. The number of rotatable bonds is 8. The fourth-order valence-electron chi connectivity index (χ4n) is 3.01. The lowest BCUT2D eigenvalue weighted by molar-refractivity contribution is -0.115. The van der Waals surface area contributed by atoms with E-state index >= 15 is 0 Å². The van der Waals surface area contributed by atoms with E-state index in [9.17, 15) is 9.59 Å². The van der Waals surface area contributed by atoms with E-state index in [0.717, 1.165) is 20.9 Å². The van der Waals surface area contributed by atoms with Crippen LogP contribution in [0.1, 0.15) is 23.9 Å². The van der Waals surface area contributed by atoms with Crippen molar-refractivity contribution < 1.29 is 18.7 Å². The van der Waals surface area contributed by atoms with E-state index in [-0.39, 0.29) is 22.8 Å². The van der Waals surface area contributed by atoms with Crippen LogP contribution < -0.4 is 15.4 Å². The van der Waals surface area contributed by atoms with Crippen molar-refractivity contribution in [3.63, 3.8) is 0 Å². The van der Waals surface area contributed by atoms with Gasteiger partial charge >= 0.3 is 0 Å². The molecule has 0 aliphatic heterocycles. The number of furan rings is 1. The normalized spacial score (nSPS) is 11.8. The summed E-state index contributed by atoms with van der Waals surface area (Å²) in [6.45, 7) is 1.96. The molecule has 0 saturated carbocycles. The molecule has 164 valence electrons. The van der Waals surface area contributed by atoms with Gasteiger partial charge in [0.1, 0.15) is 5.75 Å². The maximum Gasteiger partial charge on any atom is 0.291 e. The Bertz CT molecular complexity index is 1240. The zero-order valence-corrected chi connectivity index (χ0v) is 19.1. The third-order valence-corrected chi connectivity index (χ3v) is 6.90. The molecule has 0 bridgehead atoms. The van der Waals surface area contributed by atoms with Gasteiger partial charge in [0.25, 0.3) is 5.91 Å². The lowest BCUT2D eigenvalue weighted by Gasteiger charge is -2.14. The third-order valence-electron chi connectivity index (χ3n) is 4.60. The van der Waals surface area contributed by atoms with E-state index in [0.29, 0.717) is 17.2 Å². The quantitative estimate of drug-likeness (QED) is 0.325. The predicted octanol–water partition coefficient (Wildman–Crippen LogP) is 5.66. The number of amides is 2. The number of carbonyl (C=O) groups excluding carboxylic acids is 2. The highest BCUT2D eigenvalue weighted by atomic mass is 32.2. The van der Waals surface area contributed by atoms with E-state index in [2.05, 4.69) is 15.6 Å². The minimum Gasteiger partial charge on any atom is -0.497 e. The summed E-state index contributed by atoms with van der Waals surface area (Å²) in [5, 5.41) is 5.97. The van der Waals surface area contributed by atoms with E-state index in [1.807, 2.05) is 43.3 Å². The van der Waals surface area contributed by atoms with Crippen LogP contribution in [0, 0.1) is 0 Å². The number of benzene rings is 2. The first kappa shape index (κ1) is 21.9. The molecule has 4 aromatic rings. The highest BCUT2D eigenvalue weighted by Gasteiger charge is 2.20. The van der Waals surface area contributed by atoms with E-state index in [4.69, 9.17) is 9.15 Å². The molecule has 2 amide bonds. The Morgan fingerprint density at radius 2 is 2.03 bits per heavy atom. The van der Waals surface area contributed by atoms with Gasteiger partial charge in [0.15, 0.2) is 10.9 Å². The summed E-state index contributed by atoms with van der Waals surface area (Å²) in [7, 11) is 1.62. The standard InChI is InChI=1S/C23H21N3O4S2/c1-3-19(22(28)26-23-25-17-10-9-15(29-2)13-20(17)32-23)31-16-7-4-6-14(12-16)24-21(27)18-8-5-11-30-18/h4-13,19H,3H2,1-2H3,(H,24,27)(H,25,26,28). The highest BCUT2D eigenvalue weighted by molar-refractivity contribution is 8.00. The van der Waals surface area contributed by atoms with Crippen molar-refractivity contribution in [2.45, 2.75) is 23.5 Å². The van der Waals surface area contributed by atoms with Crippen LogP contribution in [0.3, 0.4) is 0 Å². The van der Waals surface area contributed by atoms with Crippen LogP contribution in [0.15, 0.2) is 70.2 Å². The predicted molar refractivity (Wildman–Crippen MR) is 128 cm³/mol. The average Bonchev–Trinajstić information content (AvgIpc) is 3.46. The van der Waals surface area contributed by atoms with Crippen LogP contribution in [-0.2, 0) is 4.79 Å². The Labute approximate surface area is 193 Å². The molecule has 1 atom stereocenters. The number of hydrogen-bond acceptors (Lipinski definition) is 7. The topological polar surface area (TPSA) is 93.5 Å². The molecule has 2 aromatic carbocycles. The Hall–Kier alpha value is -3.30. The second kappa shape index (κ2) is 9.88. The van der Waals surface area contributed by atoms with Gasteiger partial charge in [-0.15, -0.1) is 11.8 Å². The van der Waals surface area contributed by atoms with Crippen molar-refractivity contribution >= 4 is 55.9 Å². The van der Waals surface area contributed by atoms with Gasteiger partial charge in [-0.05, 0) is 55.0 Å². The lowest BCUT2D eigenvalue weighted by atomic mass is 10.3. The van der Waals surface area contributed by atoms with Crippen LogP contribution in [0.5, 0.6) is 5.75 Å². The molecule has 0 radical (unpaired) electrons. The van der Waals surface area contributed by atoms with Crippen molar-refractivity contribution in [3.8, 4) is 5.75 Å². The summed E-state index contributed by atoms with van der Waals surface area (Å²) in [6, 6.07) is 16.3. The number of anilines is 2. The molecule has 0 saturated heterocycles. The van der Waals surface area contributed by atoms with E-state index in [1.165, 1.54) is 29.4 Å². The van der Waals surface area contributed by atoms with Gasteiger partial charge in [-0.25, -0.2) is 4.98 Å². The molecule has 0 spiro atoms. The lowest BCUT2D eigenvalue weighted by Crippen LogP contribution is -2.24. The SMILES string of the molecule is CCC(Sc1cccc(NC(=O)c2ccco2)c1)C(=O)Nc1nc2ccc(OC)cc2s1. The van der Waals surface area contributed by atoms with Gasteiger partial charge in [-0.3, -0.25) is 9.59 Å². The summed E-state index contributed by atoms with van der Waals surface area (Å²) < 4.78 is 11.3. The molecule has 0 aliphatic carbocycles. The monoisotopic (exact) mass is 467 g/mol. The van der Waals surface area contributed by atoms with Gasteiger partial charge in [0.05, 0.1) is 28.8 Å². The van der Waals surface area contributed by atoms with Gasteiger partial charge in [-0.2, -0.15) is 0 Å². The summed E-state index contributed by atoms with van der Waals surface area (Å²) in [5.41, 5.74) is 1.44. The summed E-state index contributed by atoms with van der Waals surface area (Å²) in [4.78, 5) is 30.5. The van der Waals surface area contributed by atoms with E-state index in [1.54, 1.807) is 25.3 Å². The maximum atomic E-state index is 12.9. The molecular formula is C23H21N3O4S2. The molecular weight excluding hydrogens is 446 g/mol. The van der Waals surface area contributed by atoms with Crippen molar-refractivity contribution in [3.05, 3.63) is 66.6 Å². The number of hydrogen-bond donors (Lipinski definition) is 2. The minimum absolute atomic E-state index is 0.117. The molecule has 0 fully saturated rings. The Kier molecular flexibility index (Phi) is 6.77. The number of thioether (sulfide) groups is 1. The maximum absolute atomic E-state index is 12.9. The largest absolute Gasteiger partial charge is 0.497 e. The number of carbonyl (C=O) groups is 2. The summed E-state index contributed by atoms with van der Waals surface area (Å²) >= 11 is 2.85. The molecule has 2 heterocycles. The molecule has 0 aliphatic rings. The second-order valence-corrected chi connectivity index (χ2v) is 9.12. The van der Waals surface area contributed by atoms with Crippen LogP contribution >= 0.6 is 23.1 Å². The first-order chi connectivity index (χ1) is 15.6. The number of nitrogens with one attached hydrogen (secondary N) is 2. The number of nitrogens with zero attached hydrogens (tertiary/aromatic N) is 1. The Balaban J connectivity index is 1.42. The molecule has 32 heavy (non-hydrogen) atoms. The summed E-state index contributed by atoms with van der Waals surface area (Å²) in [5.74, 6) is 0.547. The smallest absolute Gasteiger partial charge is 0.291 e. The average molecular weight is 468 g/mol. The summed E-state index contributed by atoms with van der Waals surface area (Å²) in [6.07, 6.45) is 2.09. The molecule has 2 aromatic heterocycles. The minimum atomic E-state index is -0.325. The molecule has 7 nitrogen and oxygen atoms in total.